The second kappa shape index (κ2) is 7.99. The number of nitrogens with zero attached hydrogens (tertiary/aromatic N) is 2. The van der Waals surface area contributed by atoms with Crippen LogP contribution >= 0.6 is 0 Å². The number of urea groups is 1. The zero-order chi connectivity index (χ0) is 19.6. The molecule has 5 nitrogen and oxygen atoms in total. The molecule has 2 aromatic rings. The number of methoxy groups -OCH3 is 1. The summed E-state index contributed by atoms with van der Waals surface area (Å²) in [6.07, 6.45) is 0.984. The fourth-order valence-electron chi connectivity index (χ4n) is 4.03. The maximum atomic E-state index is 13.3. The van der Waals surface area contributed by atoms with Crippen molar-refractivity contribution >= 4 is 22.8 Å². The van der Waals surface area contributed by atoms with Crippen LogP contribution in [-0.4, -0.2) is 47.5 Å². The zero-order valence-corrected chi connectivity index (χ0v) is 16.5. The van der Waals surface area contributed by atoms with Crippen molar-refractivity contribution in [2.75, 3.05) is 13.7 Å². The number of rotatable bonds is 5. The lowest BCUT2D eigenvalue weighted by Gasteiger charge is -2.46. The van der Waals surface area contributed by atoms with Crippen LogP contribution in [0, 0.1) is 0 Å². The zero-order valence-electron chi connectivity index (χ0n) is 16.5. The molecule has 0 saturated carbocycles. The van der Waals surface area contributed by atoms with Crippen molar-refractivity contribution in [1.29, 1.82) is 0 Å². The van der Waals surface area contributed by atoms with Crippen molar-refractivity contribution in [3.63, 3.8) is 0 Å². The van der Waals surface area contributed by atoms with E-state index in [-0.39, 0.29) is 36.5 Å². The van der Waals surface area contributed by atoms with Crippen molar-refractivity contribution < 1.29 is 14.3 Å². The van der Waals surface area contributed by atoms with Crippen LogP contribution in [0.25, 0.3) is 10.8 Å². The van der Waals surface area contributed by atoms with Crippen LogP contribution in [0.3, 0.4) is 0 Å². The van der Waals surface area contributed by atoms with Gasteiger partial charge in [-0.1, -0.05) is 42.5 Å². The van der Waals surface area contributed by atoms with Gasteiger partial charge in [-0.05, 0) is 43.5 Å². The van der Waals surface area contributed by atoms with Gasteiger partial charge in [-0.25, -0.2) is 4.79 Å². The van der Waals surface area contributed by atoms with Crippen LogP contribution in [-0.2, 0) is 9.53 Å². The Bertz CT molecular complexity index is 828. The number of carbonyl (C=O) groups excluding carboxylic acids is 2. The second-order valence-electron chi connectivity index (χ2n) is 7.44. The van der Waals surface area contributed by atoms with Crippen LogP contribution in [0.4, 0.5) is 4.79 Å². The fourth-order valence-corrected chi connectivity index (χ4v) is 4.03. The molecule has 1 aliphatic heterocycles. The minimum atomic E-state index is -0.277. The third-order valence-electron chi connectivity index (χ3n) is 5.51. The lowest BCUT2D eigenvalue weighted by atomic mass is 9.95. The fraction of sp³-hybridized carbons (Fsp3) is 0.455. The number of ether oxygens (including phenoxy) is 1. The molecular formula is C22H28N2O3. The Morgan fingerprint density at radius 2 is 1.85 bits per heavy atom. The molecule has 2 aromatic carbocycles. The highest BCUT2D eigenvalue weighted by Crippen LogP contribution is 2.34. The first-order chi connectivity index (χ1) is 12.9. The molecule has 5 heteroatoms. The number of benzene rings is 2. The molecule has 3 rings (SSSR count). The summed E-state index contributed by atoms with van der Waals surface area (Å²) in [6, 6.07) is 14.2. The number of carbonyl (C=O) groups is 2. The van der Waals surface area contributed by atoms with E-state index in [9.17, 15) is 9.59 Å². The van der Waals surface area contributed by atoms with Crippen LogP contribution in [0.2, 0.25) is 0 Å². The Balaban J connectivity index is 2.01. The Hall–Kier alpha value is -2.56. The molecule has 1 aliphatic rings. The van der Waals surface area contributed by atoms with Crippen LogP contribution < -0.4 is 0 Å². The number of hydrogen-bond acceptors (Lipinski definition) is 3. The minimum absolute atomic E-state index is 0.00872. The Morgan fingerprint density at radius 3 is 2.56 bits per heavy atom. The summed E-state index contributed by atoms with van der Waals surface area (Å²) in [5.41, 5.74) is 1.10. The van der Waals surface area contributed by atoms with Gasteiger partial charge in [0.05, 0.1) is 19.6 Å². The largest absolute Gasteiger partial charge is 0.469 e. The van der Waals surface area contributed by atoms with Crippen molar-refractivity contribution in [1.82, 2.24) is 9.80 Å². The van der Waals surface area contributed by atoms with E-state index in [2.05, 4.69) is 24.3 Å². The monoisotopic (exact) mass is 368 g/mol. The molecule has 2 amide bonds. The summed E-state index contributed by atoms with van der Waals surface area (Å²) in [5.74, 6) is -0.277. The summed E-state index contributed by atoms with van der Waals surface area (Å²) in [5, 5.41) is 2.29. The molecule has 0 radical (unpaired) electrons. The first kappa shape index (κ1) is 19.2. The lowest BCUT2D eigenvalue weighted by molar-refractivity contribution is -0.142. The highest BCUT2D eigenvalue weighted by atomic mass is 16.5. The van der Waals surface area contributed by atoms with Crippen LogP contribution in [0.15, 0.2) is 42.5 Å². The number of fused-ring (bicyclic) bond motifs is 1. The first-order valence-electron chi connectivity index (χ1n) is 9.57. The highest BCUT2D eigenvalue weighted by Gasteiger charge is 2.39. The molecule has 0 N–H and O–H groups in total. The standard InChI is InChI=1S/C22H28N2O3/c1-15(2)23-13-12-18(14-21(25)27-4)24(22(23)26)16(3)19-11-7-9-17-8-5-6-10-20(17)19/h5-11,15-16,18H,12-14H2,1-4H3. The Kier molecular flexibility index (Phi) is 5.68. The SMILES string of the molecule is COC(=O)CC1CCN(C(C)C)C(=O)N1C(C)c1cccc2ccccc12. The molecule has 27 heavy (non-hydrogen) atoms. The molecule has 144 valence electrons. The second-order valence-corrected chi connectivity index (χ2v) is 7.44. The molecular weight excluding hydrogens is 340 g/mol. The smallest absolute Gasteiger partial charge is 0.321 e. The third kappa shape index (κ3) is 3.77. The number of hydrogen-bond donors (Lipinski definition) is 0. The maximum absolute atomic E-state index is 13.3. The normalized spacial score (nSPS) is 18.9. The summed E-state index contributed by atoms with van der Waals surface area (Å²) >= 11 is 0. The van der Waals surface area contributed by atoms with Gasteiger partial charge in [-0.15, -0.1) is 0 Å². The number of esters is 1. The molecule has 0 aromatic heterocycles. The van der Waals surface area contributed by atoms with Gasteiger partial charge < -0.3 is 14.5 Å². The van der Waals surface area contributed by atoms with Crippen molar-refractivity contribution in [3.8, 4) is 0 Å². The van der Waals surface area contributed by atoms with E-state index >= 15 is 0 Å². The highest BCUT2D eigenvalue weighted by molar-refractivity contribution is 5.87. The van der Waals surface area contributed by atoms with Gasteiger partial charge in [0, 0.05) is 18.6 Å². The quantitative estimate of drug-likeness (QED) is 0.737. The van der Waals surface area contributed by atoms with E-state index < -0.39 is 0 Å². The molecule has 0 bridgehead atoms. The van der Waals surface area contributed by atoms with Gasteiger partial charge in [0.15, 0.2) is 0 Å². The van der Waals surface area contributed by atoms with Gasteiger partial charge in [0.25, 0.3) is 0 Å². The van der Waals surface area contributed by atoms with E-state index in [0.717, 1.165) is 22.8 Å². The van der Waals surface area contributed by atoms with Crippen molar-refractivity contribution in [3.05, 3.63) is 48.0 Å². The van der Waals surface area contributed by atoms with E-state index in [1.165, 1.54) is 7.11 Å². The number of amides is 2. The van der Waals surface area contributed by atoms with E-state index in [1.54, 1.807) is 0 Å². The molecule has 1 saturated heterocycles. The van der Waals surface area contributed by atoms with Gasteiger partial charge >= 0.3 is 12.0 Å². The molecule has 0 aliphatic carbocycles. The first-order valence-corrected chi connectivity index (χ1v) is 9.57. The molecule has 1 heterocycles. The Morgan fingerprint density at radius 1 is 1.15 bits per heavy atom. The Labute approximate surface area is 160 Å². The van der Waals surface area contributed by atoms with Gasteiger partial charge in [0.1, 0.15) is 0 Å². The summed E-state index contributed by atoms with van der Waals surface area (Å²) in [6.45, 7) is 6.77. The van der Waals surface area contributed by atoms with Crippen molar-refractivity contribution in [2.45, 2.75) is 51.7 Å². The van der Waals surface area contributed by atoms with Gasteiger partial charge in [0.2, 0.25) is 0 Å². The van der Waals surface area contributed by atoms with E-state index in [4.69, 9.17) is 4.74 Å². The molecule has 0 spiro atoms. The predicted molar refractivity (Wildman–Crippen MR) is 106 cm³/mol. The summed E-state index contributed by atoms with van der Waals surface area (Å²) < 4.78 is 4.88. The molecule has 1 fully saturated rings. The molecule has 2 unspecified atom stereocenters. The van der Waals surface area contributed by atoms with Crippen molar-refractivity contribution in [2.24, 2.45) is 0 Å². The lowest BCUT2D eigenvalue weighted by Crippen LogP contribution is -2.57. The van der Waals surface area contributed by atoms with E-state index in [0.29, 0.717) is 6.54 Å². The van der Waals surface area contributed by atoms with Crippen LogP contribution in [0.5, 0.6) is 0 Å². The van der Waals surface area contributed by atoms with E-state index in [1.807, 2.05) is 48.8 Å². The summed E-state index contributed by atoms with van der Waals surface area (Å²) in [7, 11) is 1.39. The average Bonchev–Trinajstić information content (AvgIpc) is 2.67. The predicted octanol–water partition coefficient (Wildman–Crippen LogP) is 4.37. The summed E-state index contributed by atoms with van der Waals surface area (Å²) in [4.78, 5) is 29.0. The topological polar surface area (TPSA) is 49.9 Å². The average molecular weight is 368 g/mol. The third-order valence-corrected chi connectivity index (χ3v) is 5.51. The maximum Gasteiger partial charge on any atom is 0.321 e. The van der Waals surface area contributed by atoms with Gasteiger partial charge in [-0.2, -0.15) is 0 Å². The minimum Gasteiger partial charge on any atom is -0.469 e. The van der Waals surface area contributed by atoms with Crippen LogP contribution in [0.1, 0.15) is 45.2 Å². The molecule has 2 atom stereocenters. The van der Waals surface area contributed by atoms with Gasteiger partial charge in [-0.3, -0.25) is 4.79 Å².